The molecule has 2 saturated heterocycles. The monoisotopic (exact) mass is 842 g/mol. The molecule has 64 heavy (non-hydrogen) atoms. The second kappa shape index (κ2) is 16.2. The van der Waals surface area contributed by atoms with Crippen LogP contribution in [0.4, 0.5) is 0 Å². The van der Waals surface area contributed by atoms with Crippen molar-refractivity contribution in [2.45, 2.75) is 105 Å². The first-order chi connectivity index (χ1) is 30.3. The van der Waals surface area contributed by atoms with Crippen LogP contribution in [-0.2, 0) is 18.6 Å². The van der Waals surface area contributed by atoms with Crippen molar-refractivity contribution in [1.82, 2.24) is 0 Å². The summed E-state index contributed by atoms with van der Waals surface area (Å²) in [5.41, 5.74) is 18.8. The summed E-state index contributed by atoms with van der Waals surface area (Å²) in [6.07, 6.45) is 0. The van der Waals surface area contributed by atoms with Gasteiger partial charge < -0.3 is 18.6 Å². The Bertz CT molecular complexity index is 2470. The molecule has 2 heterocycles. The van der Waals surface area contributed by atoms with Crippen molar-refractivity contribution in [3.8, 4) is 66.8 Å². The summed E-state index contributed by atoms with van der Waals surface area (Å²) in [6, 6.07) is 54.0. The van der Waals surface area contributed by atoms with Gasteiger partial charge in [-0.25, -0.2) is 0 Å². The van der Waals surface area contributed by atoms with Gasteiger partial charge in [0.1, 0.15) is 0 Å². The zero-order valence-corrected chi connectivity index (χ0v) is 39.6. The highest BCUT2D eigenvalue weighted by molar-refractivity contribution is 6.62. The van der Waals surface area contributed by atoms with Crippen LogP contribution in [0, 0.1) is 27.7 Å². The molecule has 0 atom stereocenters. The van der Waals surface area contributed by atoms with Gasteiger partial charge in [-0.05, 0) is 161 Å². The highest BCUT2D eigenvalue weighted by Crippen LogP contribution is 2.56. The average Bonchev–Trinajstić information content (AvgIpc) is 3.63. The summed E-state index contributed by atoms with van der Waals surface area (Å²) >= 11 is 0. The quantitative estimate of drug-likeness (QED) is 0.143. The van der Waals surface area contributed by atoms with Crippen molar-refractivity contribution in [2.24, 2.45) is 0 Å². The minimum atomic E-state index is -0.471. The van der Waals surface area contributed by atoms with E-state index in [0.29, 0.717) is 0 Å². The number of benzene rings is 7. The van der Waals surface area contributed by atoms with Crippen LogP contribution in [0.25, 0.3) is 66.8 Å². The van der Waals surface area contributed by atoms with Crippen molar-refractivity contribution in [3.63, 3.8) is 0 Å². The molecule has 2 aliphatic rings. The van der Waals surface area contributed by atoms with Gasteiger partial charge in [-0.1, -0.05) is 168 Å². The third-order valence-corrected chi connectivity index (χ3v) is 14.3. The Morgan fingerprint density at radius 2 is 0.406 bits per heavy atom. The molecule has 2 aliphatic heterocycles. The van der Waals surface area contributed by atoms with Crippen molar-refractivity contribution in [1.29, 1.82) is 0 Å². The van der Waals surface area contributed by atoms with Crippen LogP contribution in [0.3, 0.4) is 0 Å². The third kappa shape index (κ3) is 7.90. The molecule has 0 spiro atoms. The van der Waals surface area contributed by atoms with Crippen LogP contribution in [0.2, 0.25) is 0 Å². The lowest BCUT2D eigenvalue weighted by Crippen LogP contribution is -2.41. The van der Waals surface area contributed by atoms with Gasteiger partial charge in [0.15, 0.2) is 0 Å². The smallest absolute Gasteiger partial charge is 0.399 e. The first-order valence-electron chi connectivity index (χ1n) is 22.8. The molecule has 0 unspecified atom stereocenters. The molecule has 6 heteroatoms. The Labute approximate surface area is 382 Å². The molecule has 0 aliphatic carbocycles. The highest BCUT2D eigenvalue weighted by atomic mass is 16.7. The number of hydrogen-bond donors (Lipinski definition) is 0. The number of rotatable bonds is 8. The van der Waals surface area contributed by atoms with E-state index in [1.54, 1.807) is 0 Å². The fourth-order valence-corrected chi connectivity index (χ4v) is 8.94. The van der Waals surface area contributed by atoms with E-state index in [1.165, 1.54) is 44.5 Å². The van der Waals surface area contributed by atoms with E-state index < -0.39 is 36.6 Å². The molecule has 0 saturated carbocycles. The lowest BCUT2D eigenvalue weighted by Gasteiger charge is -2.32. The van der Waals surface area contributed by atoms with E-state index >= 15 is 0 Å². The van der Waals surface area contributed by atoms with Crippen LogP contribution < -0.4 is 10.9 Å². The van der Waals surface area contributed by atoms with Crippen molar-refractivity contribution in [3.05, 3.63) is 168 Å². The van der Waals surface area contributed by atoms with E-state index in [2.05, 4.69) is 229 Å². The van der Waals surface area contributed by atoms with Gasteiger partial charge in [-0.2, -0.15) is 0 Å². The Kier molecular flexibility index (Phi) is 11.1. The van der Waals surface area contributed by atoms with Gasteiger partial charge in [-0.3, -0.25) is 0 Å². The molecule has 2 fully saturated rings. The number of hydrogen-bond acceptors (Lipinski definition) is 4. The minimum Gasteiger partial charge on any atom is -0.399 e. The lowest BCUT2D eigenvalue weighted by atomic mass is 9.72. The molecule has 0 N–H and O–H groups in total. The topological polar surface area (TPSA) is 36.9 Å². The minimum absolute atomic E-state index is 0.447. The molecule has 0 aromatic heterocycles. The van der Waals surface area contributed by atoms with Gasteiger partial charge in [0, 0.05) is 0 Å². The van der Waals surface area contributed by atoms with Crippen molar-refractivity contribution in [2.75, 3.05) is 0 Å². The highest BCUT2D eigenvalue weighted by Gasteiger charge is 2.52. The van der Waals surface area contributed by atoms with Gasteiger partial charge in [0.05, 0.1) is 22.4 Å². The average molecular weight is 843 g/mol. The Morgan fingerprint density at radius 1 is 0.250 bits per heavy atom. The summed E-state index contributed by atoms with van der Waals surface area (Å²) in [5, 5.41) is 0. The number of aryl methyl sites for hydroxylation is 4. The van der Waals surface area contributed by atoms with Crippen LogP contribution >= 0.6 is 0 Å². The Hall–Kier alpha value is -5.49. The van der Waals surface area contributed by atoms with Gasteiger partial charge in [-0.15, -0.1) is 0 Å². The lowest BCUT2D eigenvalue weighted by molar-refractivity contribution is 0.00578. The van der Waals surface area contributed by atoms with Gasteiger partial charge >= 0.3 is 14.2 Å². The largest absolute Gasteiger partial charge is 0.494 e. The van der Waals surface area contributed by atoms with Crippen LogP contribution in [0.15, 0.2) is 146 Å². The molecule has 9 rings (SSSR count). The van der Waals surface area contributed by atoms with E-state index in [9.17, 15) is 0 Å². The second-order valence-corrected chi connectivity index (χ2v) is 20.1. The van der Waals surface area contributed by atoms with Gasteiger partial charge in [0.2, 0.25) is 0 Å². The van der Waals surface area contributed by atoms with Crippen LogP contribution in [-0.4, -0.2) is 36.6 Å². The summed E-state index contributed by atoms with van der Waals surface area (Å²) in [6.45, 7) is 25.5. The Balaban J connectivity index is 1.41. The molecule has 4 nitrogen and oxygen atoms in total. The third-order valence-electron chi connectivity index (χ3n) is 14.3. The molecular formula is C58H60B2O4. The van der Waals surface area contributed by atoms with Crippen molar-refractivity contribution >= 4 is 25.2 Å². The maximum Gasteiger partial charge on any atom is 0.494 e. The van der Waals surface area contributed by atoms with E-state index in [4.69, 9.17) is 18.6 Å². The standard InChI is InChI=1S/C58H60B2O4/c1-37-13-21-41(22-14-37)49-50(42-23-15-38(2)16-24-42)54(46-31-35-48(36-32-46)60-63-57(9,10)58(11,12)64-60)52(44-27-19-40(4)20-28-44)51(43-25-17-39(3)18-26-43)53(49)45-29-33-47(34-30-45)59-61-55(5,6)56(7,8)62-59/h13-36H,1-12H3. The van der Waals surface area contributed by atoms with Gasteiger partial charge in [0.25, 0.3) is 0 Å². The SMILES string of the molecule is Cc1ccc(-c2c(-c3ccc(C)cc3)c(-c3ccc(B4OC(C)(C)C(C)(C)O4)cc3)c(-c3ccc(C)cc3)c(-c3ccc(C)cc3)c2-c2ccc(B3OC(C)(C)C(C)(C)O3)cc2)cc1. The van der Waals surface area contributed by atoms with Crippen molar-refractivity contribution < 1.29 is 18.6 Å². The molecule has 7 aromatic carbocycles. The first-order valence-corrected chi connectivity index (χ1v) is 22.8. The fraction of sp³-hybridized carbons (Fsp3) is 0.276. The van der Waals surface area contributed by atoms with E-state index in [0.717, 1.165) is 55.4 Å². The maximum absolute atomic E-state index is 6.57. The summed E-state index contributed by atoms with van der Waals surface area (Å²) in [7, 11) is -0.943. The van der Waals surface area contributed by atoms with E-state index in [-0.39, 0.29) is 0 Å². The predicted molar refractivity (Wildman–Crippen MR) is 269 cm³/mol. The summed E-state index contributed by atoms with van der Waals surface area (Å²) < 4.78 is 26.3. The molecular weight excluding hydrogens is 782 g/mol. The first kappa shape index (κ1) is 43.7. The normalized spacial score (nSPS) is 17.2. The zero-order chi connectivity index (χ0) is 45.3. The van der Waals surface area contributed by atoms with Crippen LogP contribution in [0.1, 0.15) is 77.6 Å². The molecule has 0 radical (unpaired) electrons. The van der Waals surface area contributed by atoms with E-state index in [1.807, 2.05) is 0 Å². The van der Waals surface area contributed by atoms with Crippen LogP contribution in [0.5, 0.6) is 0 Å². The maximum atomic E-state index is 6.57. The molecule has 0 bridgehead atoms. The summed E-state index contributed by atoms with van der Waals surface area (Å²) in [5.74, 6) is 0. The second-order valence-electron chi connectivity index (χ2n) is 20.1. The zero-order valence-electron chi connectivity index (χ0n) is 39.6. The summed E-state index contributed by atoms with van der Waals surface area (Å²) in [4.78, 5) is 0. The predicted octanol–water partition coefficient (Wildman–Crippen LogP) is 13.5. The molecule has 322 valence electrons. The Morgan fingerprint density at radius 3 is 0.578 bits per heavy atom. The molecule has 7 aromatic rings. The molecule has 0 amide bonds. The fourth-order valence-electron chi connectivity index (χ4n) is 8.94.